The van der Waals surface area contributed by atoms with Gasteiger partial charge in [-0.2, -0.15) is 0 Å². The van der Waals surface area contributed by atoms with Gasteiger partial charge in [0.1, 0.15) is 0 Å². The van der Waals surface area contributed by atoms with E-state index in [1.54, 1.807) is 0 Å². The molecule has 0 heterocycles. The summed E-state index contributed by atoms with van der Waals surface area (Å²) in [4.78, 5) is 0. The fourth-order valence-electron chi connectivity index (χ4n) is 0.638. The van der Waals surface area contributed by atoms with E-state index in [2.05, 4.69) is 25.8 Å². The Labute approximate surface area is 57.6 Å². The normalized spacial score (nSPS) is 11.8. The second kappa shape index (κ2) is 4.17. The molecule has 0 aromatic carbocycles. The molecule has 0 aromatic rings. The fraction of sp³-hybridized carbons (Fsp3) is 0.444. The molecule has 0 N–H and O–H groups in total. The molecule has 9 heavy (non-hydrogen) atoms. The lowest BCUT2D eigenvalue weighted by Crippen LogP contribution is -1.87. The second-order valence-electron chi connectivity index (χ2n) is 2.37. The molecule has 0 saturated carbocycles. The van der Waals surface area contributed by atoms with Gasteiger partial charge in [0.2, 0.25) is 0 Å². The lowest BCUT2D eigenvalue weighted by molar-refractivity contribution is 0.719. The van der Waals surface area contributed by atoms with E-state index in [-0.39, 0.29) is 0 Å². The Morgan fingerprint density at radius 2 is 2.33 bits per heavy atom. The minimum atomic E-state index is 0.555. The molecule has 0 spiro atoms. The molecule has 0 fully saturated rings. The van der Waals surface area contributed by atoms with E-state index in [1.165, 1.54) is 5.57 Å². The van der Waals surface area contributed by atoms with Gasteiger partial charge in [-0.15, -0.1) is 12.3 Å². The Morgan fingerprint density at radius 3 is 2.67 bits per heavy atom. The van der Waals surface area contributed by atoms with E-state index in [9.17, 15) is 0 Å². The van der Waals surface area contributed by atoms with Gasteiger partial charge in [0.05, 0.1) is 0 Å². The summed E-state index contributed by atoms with van der Waals surface area (Å²) in [6.07, 6.45) is 2.98. The first-order valence-corrected chi connectivity index (χ1v) is 3.18. The van der Waals surface area contributed by atoms with Gasteiger partial charge in [-0.05, 0) is 24.8 Å². The van der Waals surface area contributed by atoms with Gasteiger partial charge in [0.25, 0.3) is 0 Å². The zero-order valence-corrected chi connectivity index (χ0v) is 6.28. The Kier molecular flexibility index (Phi) is 3.83. The van der Waals surface area contributed by atoms with Crippen LogP contribution in [-0.4, -0.2) is 0 Å². The fourth-order valence-corrected chi connectivity index (χ4v) is 0.638. The average Bonchev–Trinajstić information content (AvgIpc) is 1.87. The maximum absolute atomic E-state index is 3.69. The minimum Gasteiger partial charge on any atom is -0.130 e. The highest BCUT2D eigenvalue weighted by molar-refractivity contribution is 4.97. The molecule has 1 unspecified atom stereocenters. The standard InChI is InChI=1S/C9H14/c1-5-8(3)7-9(4)6-2/h5,8H,1-2,7H2,3-4H3. The van der Waals surface area contributed by atoms with Crippen molar-refractivity contribution in [3.05, 3.63) is 30.5 Å². The van der Waals surface area contributed by atoms with E-state index >= 15 is 0 Å². The largest absolute Gasteiger partial charge is 0.130 e. The molecular formula is C9H14. The van der Waals surface area contributed by atoms with Gasteiger partial charge in [0.15, 0.2) is 0 Å². The van der Waals surface area contributed by atoms with Crippen LogP contribution in [0.25, 0.3) is 0 Å². The Bertz CT molecular complexity index is 136. The van der Waals surface area contributed by atoms with Crippen molar-refractivity contribution in [2.45, 2.75) is 20.3 Å². The Morgan fingerprint density at radius 1 is 1.78 bits per heavy atom. The summed E-state index contributed by atoms with van der Waals surface area (Å²) in [6, 6.07) is 0. The molecule has 0 aliphatic heterocycles. The summed E-state index contributed by atoms with van der Waals surface area (Å²) in [5.74, 6) is 0.555. The van der Waals surface area contributed by atoms with Crippen LogP contribution >= 0.6 is 0 Å². The molecule has 0 amide bonds. The molecule has 0 bridgehead atoms. The summed E-state index contributed by atoms with van der Waals surface area (Å²) >= 11 is 0. The monoisotopic (exact) mass is 122 g/mol. The summed E-state index contributed by atoms with van der Waals surface area (Å²) < 4.78 is 0. The van der Waals surface area contributed by atoms with Gasteiger partial charge < -0.3 is 0 Å². The summed E-state index contributed by atoms with van der Waals surface area (Å²) in [5, 5.41) is 0. The number of rotatable bonds is 3. The highest BCUT2D eigenvalue weighted by Gasteiger charge is 1.94. The summed E-state index contributed by atoms with van der Waals surface area (Å²) in [6.45, 7) is 11.4. The van der Waals surface area contributed by atoms with Crippen molar-refractivity contribution in [3.8, 4) is 0 Å². The number of allylic oxidation sites excluding steroid dienone is 2. The molecule has 1 atom stereocenters. The van der Waals surface area contributed by atoms with E-state index in [0.29, 0.717) is 5.92 Å². The predicted molar refractivity (Wildman–Crippen MR) is 42.3 cm³/mol. The third kappa shape index (κ3) is 3.81. The van der Waals surface area contributed by atoms with Crippen LogP contribution in [0, 0.1) is 5.92 Å². The molecule has 0 heteroatoms. The first-order chi connectivity index (χ1) is 4.20. The van der Waals surface area contributed by atoms with Crippen molar-refractivity contribution < 1.29 is 0 Å². The highest BCUT2D eigenvalue weighted by atomic mass is 14.0. The van der Waals surface area contributed by atoms with Crippen molar-refractivity contribution in [3.63, 3.8) is 0 Å². The Hall–Kier alpha value is -0.740. The first-order valence-electron chi connectivity index (χ1n) is 3.18. The summed E-state index contributed by atoms with van der Waals surface area (Å²) in [5.41, 5.74) is 4.06. The van der Waals surface area contributed by atoms with Crippen LogP contribution in [0.2, 0.25) is 0 Å². The predicted octanol–water partition coefficient (Wildman–Crippen LogP) is 2.93. The molecule has 0 aromatic heterocycles. The highest BCUT2D eigenvalue weighted by Crippen LogP contribution is 2.09. The SMILES string of the molecule is C=C=C(C)CC(C)C=C. The zero-order chi connectivity index (χ0) is 7.28. The lowest BCUT2D eigenvalue weighted by atomic mass is 10.0. The third-order valence-corrected chi connectivity index (χ3v) is 1.33. The quantitative estimate of drug-likeness (QED) is 0.399. The molecule has 0 nitrogen and oxygen atoms in total. The maximum Gasteiger partial charge on any atom is -0.0186 e. The minimum absolute atomic E-state index is 0.555. The smallest absolute Gasteiger partial charge is 0.0186 e. The van der Waals surface area contributed by atoms with E-state index in [1.807, 2.05) is 13.0 Å². The zero-order valence-electron chi connectivity index (χ0n) is 6.28. The average molecular weight is 122 g/mol. The molecule has 0 rings (SSSR count). The van der Waals surface area contributed by atoms with Gasteiger partial charge in [-0.3, -0.25) is 0 Å². The van der Waals surface area contributed by atoms with Crippen LogP contribution in [0.15, 0.2) is 30.5 Å². The number of hydrogen-bond donors (Lipinski definition) is 0. The van der Waals surface area contributed by atoms with Gasteiger partial charge >= 0.3 is 0 Å². The second-order valence-corrected chi connectivity index (χ2v) is 2.37. The first kappa shape index (κ1) is 8.26. The van der Waals surface area contributed by atoms with E-state index < -0.39 is 0 Å². The maximum atomic E-state index is 3.69. The molecule has 0 radical (unpaired) electrons. The van der Waals surface area contributed by atoms with Gasteiger partial charge in [0, 0.05) is 0 Å². The van der Waals surface area contributed by atoms with Crippen LogP contribution in [0.1, 0.15) is 20.3 Å². The summed E-state index contributed by atoms with van der Waals surface area (Å²) in [7, 11) is 0. The molecule has 50 valence electrons. The van der Waals surface area contributed by atoms with E-state index in [4.69, 9.17) is 0 Å². The van der Waals surface area contributed by atoms with Crippen LogP contribution in [0.5, 0.6) is 0 Å². The number of hydrogen-bond acceptors (Lipinski definition) is 0. The van der Waals surface area contributed by atoms with Crippen LogP contribution < -0.4 is 0 Å². The van der Waals surface area contributed by atoms with E-state index in [0.717, 1.165) is 6.42 Å². The third-order valence-electron chi connectivity index (χ3n) is 1.33. The van der Waals surface area contributed by atoms with Gasteiger partial charge in [-0.1, -0.05) is 19.6 Å². The van der Waals surface area contributed by atoms with Crippen molar-refractivity contribution in [2.24, 2.45) is 5.92 Å². The van der Waals surface area contributed by atoms with Crippen molar-refractivity contribution >= 4 is 0 Å². The van der Waals surface area contributed by atoms with Crippen LogP contribution in [-0.2, 0) is 0 Å². The van der Waals surface area contributed by atoms with Crippen LogP contribution in [0.4, 0.5) is 0 Å². The molecule has 0 aliphatic carbocycles. The van der Waals surface area contributed by atoms with Crippen LogP contribution in [0.3, 0.4) is 0 Å². The van der Waals surface area contributed by atoms with Crippen molar-refractivity contribution in [2.75, 3.05) is 0 Å². The molecule has 0 aliphatic rings. The van der Waals surface area contributed by atoms with Gasteiger partial charge in [-0.25, -0.2) is 0 Å². The molecule has 0 saturated heterocycles. The van der Waals surface area contributed by atoms with Crippen molar-refractivity contribution in [1.29, 1.82) is 0 Å². The lowest BCUT2D eigenvalue weighted by Gasteiger charge is -2.01. The topological polar surface area (TPSA) is 0 Å². The van der Waals surface area contributed by atoms with Crippen molar-refractivity contribution in [1.82, 2.24) is 0 Å². The Balaban J connectivity index is 3.73. The molecular weight excluding hydrogens is 108 g/mol.